The van der Waals surface area contributed by atoms with Gasteiger partial charge in [0, 0.05) is 25.1 Å². The zero-order valence-corrected chi connectivity index (χ0v) is 14.7. The monoisotopic (exact) mass is 369 g/mol. The molecule has 0 bridgehead atoms. The van der Waals surface area contributed by atoms with Crippen molar-refractivity contribution in [3.8, 4) is 0 Å². The van der Waals surface area contributed by atoms with Crippen molar-refractivity contribution in [2.45, 2.75) is 6.54 Å². The first kappa shape index (κ1) is 17.6. The largest absolute Gasteiger partial charge is 0.465 e. The Hall–Kier alpha value is -3.19. The summed E-state index contributed by atoms with van der Waals surface area (Å²) in [6, 6.07) is 10.4. The summed E-state index contributed by atoms with van der Waals surface area (Å²) >= 11 is 6.20. The lowest BCUT2D eigenvalue weighted by Gasteiger charge is -2.11. The molecule has 0 aliphatic rings. The molecule has 2 N–H and O–H groups in total. The van der Waals surface area contributed by atoms with Crippen molar-refractivity contribution in [3.05, 3.63) is 71.1 Å². The first-order valence-electron chi connectivity index (χ1n) is 7.76. The van der Waals surface area contributed by atoms with Gasteiger partial charge in [0.2, 0.25) is 5.95 Å². The van der Waals surface area contributed by atoms with Crippen LogP contribution in [0.1, 0.15) is 15.9 Å². The molecule has 0 amide bonds. The Morgan fingerprint density at radius 2 is 1.96 bits per heavy atom. The third-order valence-corrected chi connectivity index (χ3v) is 3.84. The molecule has 3 rings (SSSR count). The van der Waals surface area contributed by atoms with E-state index in [1.807, 2.05) is 12.1 Å². The fourth-order valence-corrected chi connectivity index (χ4v) is 2.36. The maximum absolute atomic E-state index is 11.7. The molecule has 2 heterocycles. The lowest BCUT2D eigenvalue weighted by atomic mass is 10.2. The normalized spacial score (nSPS) is 10.2. The number of hydrogen-bond donors (Lipinski definition) is 2. The molecule has 0 atom stereocenters. The van der Waals surface area contributed by atoms with Crippen molar-refractivity contribution < 1.29 is 9.53 Å². The number of halogens is 1. The summed E-state index contributed by atoms with van der Waals surface area (Å²) in [6.07, 6.45) is 5.08. The van der Waals surface area contributed by atoms with Crippen LogP contribution in [0.3, 0.4) is 0 Å². The van der Waals surface area contributed by atoms with Crippen LogP contribution in [-0.2, 0) is 11.3 Å². The first-order chi connectivity index (χ1) is 12.7. The summed E-state index contributed by atoms with van der Waals surface area (Å²) in [4.78, 5) is 24.2. The number of aromatic nitrogens is 3. The topological polar surface area (TPSA) is 89.0 Å². The smallest absolute Gasteiger partial charge is 0.337 e. The third kappa shape index (κ3) is 4.46. The summed E-state index contributed by atoms with van der Waals surface area (Å²) < 4.78 is 4.72. The van der Waals surface area contributed by atoms with Crippen molar-refractivity contribution in [3.63, 3.8) is 0 Å². The Bertz CT molecular complexity index is 905. The zero-order chi connectivity index (χ0) is 18.4. The molecular formula is C18H16ClN5O2. The number of hydrogen-bond acceptors (Lipinski definition) is 7. The average Bonchev–Trinajstić information content (AvgIpc) is 2.68. The molecule has 26 heavy (non-hydrogen) atoms. The van der Waals surface area contributed by atoms with Gasteiger partial charge in [0.05, 0.1) is 23.4 Å². The van der Waals surface area contributed by atoms with Crippen LogP contribution in [0, 0.1) is 0 Å². The minimum absolute atomic E-state index is 0.393. The molecule has 0 radical (unpaired) electrons. The van der Waals surface area contributed by atoms with Crippen LogP contribution in [0.2, 0.25) is 5.02 Å². The average molecular weight is 370 g/mol. The minimum Gasteiger partial charge on any atom is -0.465 e. The Morgan fingerprint density at radius 1 is 1.15 bits per heavy atom. The second-order valence-electron chi connectivity index (χ2n) is 5.29. The van der Waals surface area contributed by atoms with Crippen molar-refractivity contribution in [2.24, 2.45) is 0 Å². The molecule has 0 saturated heterocycles. The summed E-state index contributed by atoms with van der Waals surface area (Å²) in [5.41, 5.74) is 2.01. The third-order valence-electron chi connectivity index (χ3n) is 3.51. The molecule has 8 heteroatoms. The lowest BCUT2D eigenvalue weighted by Crippen LogP contribution is -2.06. The van der Waals surface area contributed by atoms with E-state index in [2.05, 4.69) is 25.6 Å². The highest BCUT2D eigenvalue weighted by Gasteiger charge is 2.10. The van der Waals surface area contributed by atoms with Crippen LogP contribution in [0.25, 0.3) is 0 Å². The molecule has 0 saturated carbocycles. The van der Waals surface area contributed by atoms with Gasteiger partial charge in [0.25, 0.3) is 0 Å². The highest BCUT2D eigenvalue weighted by atomic mass is 35.5. The van der Waals surface area contributed by atoms with Crippen molar-refractivity contribution in [1.29, 1.82) is 0 Å². The summed E-state index contributed by atoms with van der Waals surface area (Å²) in [6.45, 7) is 0.574. The molecule has 0 fully saturated rings. The van der Waals surface area contributed by atoms with E-state index in [4.69, 9.17) is 16.3 Å². The van der Waals surface area contributed by atoms with Crippen LogP contribution < -0.4 is 10.6 Å². The predicted octanol–water partition coefficient (Wildman–Crippen LogP) is 3.67. The van der Waals surface area contributed by atoms with Gasteiger partial charge in [-0.15, -0.1) is 0 Å². The fraction of sp³-hybridized carbons (Fsp3) is 0.111. The van der Waals surface area contributed by atoms with Gasteiger partial charge in [-0.05, 0) is 42.0 Å². The number of benzene rings is 1. The number of nitrogens with zero attached hydrogens (tertiary/aromatic N) is 3. The van der Waals surface area contributed by atoms with Crippen LogP contribution >= 0.6 is 11.6 Å². The minimum atomic E-state index is -0.438. The molecule has 132 valence electrons. The van der Waals surface area contributed by atoms with Gasteiger partial charge in [-0.2, -0.15) is 4.98 Å². The van der Waals surface area contributed by atoms with Gasteiger partial charge < -0.3 is 15.4 Å². The molecule has 0 aliphatic heterocycles. The number of esters is 1. The number of anilines is 3. The Kier molecular flexibility index (Phi) is 5.60. The number of rotatable bonds is 6. The molecule has 0 spiro atoms. The Morgan fingerprint density at radius 3 is 2.73 bits per heavy atom. The van der Waals surface area contributed by atoms with Crippen molar-refractivity contribution in [2.75, 3.05) is 17.7 Å². The van der Waals surface area contributed by atoms with Gasteiger partial charge in [-0.3, -0.25) is 4.98 Å². The van der Waals surface area contributed by atoms with E-state index >= 15 is 0 Å². The second kappa shape index (κ2) is 8.26. The summed E-state index contributed by atoms with van der Waals surface area (Å²) in [7, 11) is 1.33. The van der Waals surface area contributed by atoms with Gasteiger partial charge in [0.1, 0.15) is 5.82 Å². The van der Waals surface area contributed by atoms with Crippen LogP contribution in [0.5, 0.6) is 0 Å². The lowest BCUT2D eigenvalue weighted by molar-refractivity contribution is 0.0601. The standard InChI is InChI=1S/C18H16ClN5O2/c1-26-17(25)13-2-3-14(19)15(10-13)23-16-6-9-21-18(24-16)22-11-12-4-7-20-8-5-12/h2-10H,11H2,1H3,(H2,21,22,23,24). The summed E-state index contributed by atoms with van der Waals surface area (Å²) in [5, 5.41) is 6.69. The van der Waals surface area contributed by atoms with E-state index in [1.54, 1.807) is 42.9 Å². The van der Waals surface area contributed by atoms with Gasteiger partial charge in [-0.1, -0.05) is 11.6 Å². The van der Waals surface area contributed by atoms with E-state index in [0.717, 1.165) is 5.56 Å². The van der Waals surface area contributed by atoms with Crippen LogP contribution in [0.15, 0.2) is 55.0 Å². The zero-order valence-electron chi connectivity index (χ0n) is 13.9. The molecule has 7 nitrogen and oxygen atoms in total. The van der Waals surface area contributed by atoms with Gasteiger partial charge in [0.15, 0.2) is 0 Å². The predicted molar refractivity (Wildman–Crippen MR) is 99.7 cm³/mol. The maximum Gasteiger partial charge on any atom is 0.337 e. The van der Waals surface area contributed by atoms with Crippen LogP contribution in [0.4, 0.5) is 17.5 Å². The first-order valence-corrected chi connectivity index (χ1v) is 8.14. The quantitative estimate of drug-likeness (QED) is 0.641. The van der Waals surface area contributed by atoms with Gasteiger partial charge >= 0.3 is 5.97 Å². The molecule has 3 aromatic rings. The highest BCUT2D eigenvalue weighted by Crippen LogP contribution is 2.26. The number of carbonyl (C=O) groups is 1. The van der Waals surface area contributed by atoms with Crippen molar-refractivity contribution in [1.82, 2.24) is 15.0 Å². The van der Waals surface area contributed by atoms with E-state index in [-0.39, 0.29) is 0 Å². The molecule has 2 aromatic heterocycles. The van der Waals surface area contributed by atoms with Crippen LogP contribution in [-0.4, -0.2) is 28.0 Å². The molecule has 0 aliphatic carbocycles. The molecular weight excluding hydrogens is 354 g/mol. The second-order valence-corrected chi connectivity index (χ2v) is 5.69. The SMILES string of the molecule is COC(=O)c1ccc(Cl)c(Nc2ccnc(NCc3ccncc3)n2)c1. The van der Waals surface area contributed by atoms with E-state index in [0.29, 0.717) is 34.6 Å². The fourth-order valence-electron chi connectivity index (χ4n) is 2.20. The Labute approximate surface area is 155 Å². The highest BCUT2D eigenvalue weighted by molar-refractivity contribution is 6.33. The van der Waals surface area contributed by atoms with Crippen molar-refractivity contribution >= 4 is 35.0 Å². The number of carbonyl (C=O) groups excluding carboxylic acids is 1. The number of nitrogens with one attached hydrogen (secondary N) is 2. The van der Waals surface area contributed by atoms with E-state index in [1.165, 1.54) is 7.11 Å². The number of methoxy groups -OCH3 is 1. The number of pyridine rings is 1. The molecule has 1 aromatic carbocycles. The summed E-state index contributed by atoms with van der Waals surface area (Å²) in [5.74, 6) is 0.570. The number of ether oxygens (including phenoxy) is 1. The maximum atomic E-state index is 11.7. The van der Waals surface area contributed by atoms with E-state index < -0.39 is 5.97 Å². The van der Waals surface area contributed by atoms with E-state index in [9.17, 15) is 4.79 Å². The molecule has 0 unspecified atom stereocenters. The van der Waals surface area contributed by atoms with Gasteiger partial charge in [-0.25, -0.2) is 9.78 Å². The Balaban J connectivity index is 1.73.